The summed E-state index contributed by atoms with van der Waals surface area (Å²) in [5, 5.41) is 9.67. The predicted octanol–water partition coefficient (Wildman–Crippen LogP) is 3.96. The summed E-state index contributed by atoms with van der Waals surface area (Å²) in [5.41, 5.74) is 1.01. The predicted molar refractivity (Wildman–Crippen MR) is 81.4 cm³/mol. The van der Waals surface area contributed by atoms with E-state index in [1.165, 1.54) is 0 Å². The van der Waals surface area contributed by atoms with E-state index in [2.05, 4.69) is 6.92 Å². The average Bonchev–Trinajstić information content (AvgIpc) is 3.24. The molecule has 1 aromatic rings. The highest BCUT2D eigenvalue weighted by Gasteiger charge is 2.44. The van der Waals surface area contributed by atoms with E-state index in [1.807, 2.05) is 6.07 Å². The van der Waals surface area contributed by atoms with Gasteiger partial charge in [-0.25, -0.2) is 0 Å². The molecule has 5 heteroatoms. The first-order valence-electron chi connectivity index (χ1n) is 7.16. The highest BCUT2D eigenvalue weighted by atomic mass is 35.5. The van der Waals surface area contributed by atoms with Crippen LogP contribution in [0.25, 0.3) is 0 Å². The number of hydrogen-bond donors (Lipinski definition) is 1. The summed E-state index contributed by atoms with van der Waals surface area (Å²) in [5.74, 6) is 0.895. The van der Waals surface area contributed by atoms with Gasteiger partial charge in [-0.1, -0.05) is 18.5 Å². The first-order chi connectivity index (χ1) is 10.0. The molecule has 116 valence electrons. The Balaban J connectivity index is 2.20. The quantitative estimate of drug-likeness (QED) is 0.828. The molecule has 3 unspecified atom stereocenters. The molecule has 0 bridgehead atoms. The Morgan fingerprint density at radius 2 is 2.00 bits per heavy atom. The largest absolute Gasteiger partial charge is 0.493 e. The zero-order chi connectivity index (χ0) is 15.6. The molecular weight excluding hydrogens is 292 g/mol. The second-order valence-corrected chi connectivity index (χ2v) is 5.92. The molecule has 0 aliphatic heterocycles. The summed E-state index contributed by atoms with van der Waals surface area (Å²) >= 11 is 6.36. The molecule has 3 atom stereocenters. The Morgan fingerprint density at radius 3 is 2.48 bits per heavy atom. The topological polar surface area (TPSA) is 55.8 Å². The Labute approximate surface area is 130 Å². The Kier molecular flexibility index (Phi) is 4.99. The van der Waals surface area contributed by atoms with Gasteiger partial charge in [0.25, 0.3) is 0 Å². The summed E-state index contributed by atoms with van der Waals surface area (Å²) in [6.45, 7) is 2.09. The number of hydrogen-bond acceptors (Lipinski definition) is 3. The van der Waals surface area contributed by atoms with E-state index in [4.69, 9.17) is 26.2 Å². The summed E-state index contributed by atoms with van der Waals surface area (Å²) in [7, 11) is 3.17. The van der Waals surface area contributed by atoms with Gasteiger partial charge in [-0.2, -0.15) is 0 Å². The molecule has 1 aliphatic rings. The zero-order valence-corrected chi connectivity index (χ0v) is 13.3. The van der Waals surface area contributed by atoms with Crippen molar-refractivity contribution in [2.45, 2.75) is 32.1 Å². The van der Waals surface area contributed by atoms with E-state index in [1.54, 1.807) is 20.3 Å². The van der Waals surface area contributed by atoms with Gasteiger partial charge in [-0.3, -0.25) is 4.79 Å². The van der Waals surface area contributed by atoms with Crippen LogP contribution in [0, 0.1) is 11.8 Å². The summed E-state index contributed by atoms with van der Waals surface area (Å²) < 4.78 is 10.6. The smallest absolute Gasteiger partial charge is 0.306 e. The monoisotopic (exact) mass is 312 g/mol. The normalized spacial score (nSPS) is 21.7. The van der Waals surface area contributed by atoms with Crippen molar-refractivity contribution in [2.75, 3.05) is 14.2 Å². The van der Waals surface area contributed by atoms with Crippen LogP contribution < -0.4 is 9.47 Å². The van der Waals surface area contributed by atoms with Crippen LogP contribution in [0.2, 0.25) is 5.02 Å². The second-order valence-electron chi connectivity index (χ2n) is 5.51. The first-order valence-corrected chi connectivity index (χ1v) is 7.53. The van der Waals surface area contributed by atoms with Crippen molar-refractivity contribution in [3.05, 3.63) is 22.7 Å². The van der Waals surface area contributed by atoms with E-state index < -0.39 is 5.97 Å². The third kappa shape index (κ3) is 3.43. The van der Waals surface area contributed by atoms with Crippen molar-refractivity contribution in [1.29, 1.82) is 0 Å². The van der Waals surface area contributed by atoms with Crippen LogP contribution >= 0.6 is 11.6 Å². The van der Waals surface area contributed by atoms with Crippen molar-refractivity contribution in [3.63, 3.8) is 0 Å². The van der Waals surface area contributed by atoms with E-state index in [0.29, 0.717) is 16.5 Å². The fourth-order valence-electron chi connectivity index (χ4n) is 2.87. The fourth-order valence-corrected chi connectivity index (χ4v) is 3.18. The minimum atomic E-state index is -0.687. The number of ether oxygens (including phenoxy) is 2. The third-order valence-electron chi connectivity index (χ3n) is 4.26. The fraction of sp³-hybridized carbons (Fsp3) is 0.562. The van der Waals surface area contributed by atoms with Crippen LogP contribution in [0.5, 0.6) is 11.5 Å². The van der Waals surface area contributed by atoms with Gasteiger partial charge in [0.05, 0.1) is 20.1 Å². The van der Waals surface area contributed by atoms with Gasteiger partial charge < -0.3 is 14.6 Å². The number of benzene rings is 1. The molecule has 1 N–H and O–H groups in total. The molecule has 0 amide bonds. The van der Waals surface area contributed by atoms with Gasteiger partial charge in [0.1, 0.15) is 0 Å². The minimum absolute atomic E-state index is 0.182. The SMILES string of the molecule is CCC(CC1CC1C(=O)O)c1cc(OC)c(OC)cc1Cl. The highest BCUT2D eigenvalue weighted by Crippen LogP contribution is 2.48. The van der Waals surface area contributed by atoms with E-state index >= 15 is 0 Å². The van der Waals surface area contributed by atoms with Gasteiger partial charge in [0, 0.05) is 11.1 Å². The molecule has 1 aromatic carbocycles. The number of methoxy groups -OCH3 is 2. The Hall–Kier alpha value is -1.42. The zero-order valence-electron chi connectivity index (χ0n) is 12.6. The van der Waals surface area contributed by atoms with E-state index in [-0.39, 0.29) is 17.8 Å². The lowest BCUT2D eigenvalue weighted by Crippen LogP contribution is -2.05. The second kappa shape index (κ2) is 6.56. The number of aliphatic carboxylic acids is 1. The number of carbonyl (C=O) groups is 1. The van der Waals surface area contributed by atoms with Crippen molar-refractivity contribution >= 4 is 17.6 Å². The maximum absolute atomic E-state index is 11.0. The van der Waals surface area contributed by atoms with E-state index in [9.17, 15) is 4.79 Å². The molecule has 1 aliphatic carbocycles. The van der Waals surface area contributed by atoms with Crippen molar-refractivity contribution in [2.24, 2.45) is 11.8 Å². The first kappa shape index (κ1) is 16.0. The van der Waals surface area contributed by atoms with Gasteiger partial charge in [-0.05, 0) is 42.7 Å². The Bertz CT molecular complexity index is 529. The van der Waals surface area contributed by atoms with Crippen molar-refractivity contribution < 1.29 is 19.4 Å². The molecule has 4 nitrogen and oxygen atoms in total. The maximum Gasteiger partial charge on any atom is 0.306 e. The number of carboxylic acid groups (broad SMARTS) is 1. The van der Waals surface area contributed by atoms with Gasteiger partial charge >= 0.3 is 5.97 Å². The number of halogens is 1. The maximum atomic E-state index is 11.0. The standard InChI is InChI=1S/C16H21ClO4/c1-4-9(5-10-6-12(10)16(18)19)11-7-14(20-2)15(21-3)8-13(11)17/h7-10,12H,4-6H2,1-3H3,(H,18,19). The van der Waals surface area contributed by atoms with Crippen molar-refractivity contribution in [1.82, 2.24) is 0 Å². The van der Waals surface area contributed by atoms with Crippen LogP contribution in [0.15, 0.2) is 12.1 Å². The summed E-state index contributed by atoms with van der Waals surface area (Å²) in [6.07, 6.45) is 2.54. The lowest BCUT2D eigenvalue weighted by Gasteiger charge is -2.19. The molecule has 0 aromatic heterocycles. The molecule has 1 saturated carbocycles. The number of rotatable bonds is 7. The minimum Gasteiger partial charge on any atom is -0.493 e. The number of carboxylic acids is 1. The van der Waals surface area contributed by atoms with Crippen LogP contribution in [0.4, 0.5) is 0 Å². The third-order valence-corrected chi connectivity index (χ3v) is 4.59. The van der Waals surface area contributed by atoms with Crippen LogP contribution in [-0.4, -0.2) is 25.3 Å². The molecule has 1 fully saturated rings. The summed E-state index contributed by atoms with van der Waals surface area (Å²) in [6, 6.07) is 3.67. The molecule has 21 heavy (non-hydrogen) atoms. The molecular formula is C16H21ClO4. The molecule has 0 spiro atoms. The van der Waals surface area contributed by atoms with Crippen molar-refractivity contribution in [3.8, 4) is 11.5 Å². The van der Waals surface area contributed by atoms with Crippen LogP contribution in [-0.2, 0) is 4.79 Å². The summed E-state index contributed by atoms with van der Waals surface area (Å²) in [4.78, 5) is 11.0. The molecule has 0 radical (unpaired) electrons. The molecule has 0 heterocycles. The van der Waals surface area contributed by atoms with Gasteiger partial charge in [0.2, 0.25) is 0 Å². The molecule has 2 rings (SSSR count). The lowest BCUT2D eigenvalue weighted by atomic mass is 9.90. The van der Waals surface area contributed by atoms with Gasteiger partial charge in [-0.15, -0.1) is 0 Å². The van der Waals surface area contributed by atoms with Gasteiger partial charge in [0.15, 0.2) is 11.5 Å². The van der Waals surface area contributed by atoms with Crippen LogP contribution in [0.1, 0.15) is 37.7 Å². The average molecular weight is 313 g/mol. The highest BCUT2D eigenvalue weighted by molar-refractivity contribution is 6.31. The van der Waals surface area contributed by atoms with Crippen LogP contribution in [0.3, 0.4) is 0 Å². The lowest BCUT2D eigenvalue weighted by molar-refractivity contribution is -0.138. The van der Waals surface area contributed by atoms with E-state index in [0.717, 1.165) is 24.8 Å². The molecule has 0 saturated heterocycles. The Morgan fingerprint density at radius 1 is 1.38 bits per heavy atom.